The molecule has 2 aromatic rings. The fraction of sp³-hybridized carbons (Fsp3) is 0.200. The first-order valence-electron chi connectivity index (χ1n) is 10.1. The number of hydrogen-bond acceptors (Lipinski definition) is 5. The van der Waals surface area contributed by atoms with Crippen molar-refractivity contribution in [3.05, 3.63) is 77.0 Å². The van der Waals surface area contributed by atoms with Crippen molar-refractivity contribution in [3.8, 4) is 12.1 Å². The van der Waals surface area contributed by atoms with Crippen molar-refractivity contribution in [2.45, 2.75) is 19.8 Å². The first kappa shape index (κ1) is 23.9. The van der Waals surface area contributed by atoms with Crippen LogP contribution in [0.4, 0.5) is 5.69 Å². The summed E-state index contributed by atoms with van der Waals surface area (Å²) in [7, 11) is 0. The van der Waals surface area contributed by atoms with E-state index in [9.17, 15) is 9.59 Å². The van der Waals surface area contributed by atoms with Gasteiger partial charge in [-0.3, -0.25) is 9.59 Å². The second-order valence-corrected chi connectivity index (χ2v) is 7.00. The molecular formula is C25H25N5O2. The van der Waals surface area contributed by atoms with Crippen LogP contribution in [0.5, 0.6) is 0 Å². The van der Waals surface area contributed by atoms with E-state index in [1.807, 2.05) is 60.4 Å². The number of hydrogen-bond donors (Lipinski definition) is 2. The Bertz CT molecular complexity index is 1070. The maximum atomic E-state index is 12.2. The van der Waals surface area contributed by atoms with Gasteiger partial charge in [0.15, 0.2) is 0 Å². The molecule has 0 unspecified atom stereocenters. The molecule has 0 saturated heterocycles. The van der Waals surface area contributed by atoms with Crippen LogP contribution in [0.2, 0.25) is 0 Å². The molecule has 32 heavy (non-hydrogen) atoms. The highest BCUT2D eigenvalue weighted by Crippen LogP contribution is 2.21. The van der Waals surface area contributed by atoms with Gasteiger partial charge in [0.1, 0.15) is 5.70 Å². The maximum absolute atomic E-state index is 12.2. The van der Waals surface area contributed by atoms with Gasteiger partial charge in [-0.05, 0) is 47.9 Å². The maximum Gasteiger partial charge on any atom is 0.265 e. The number of carbonyl (C=O) groups excluding carboxylic acids is 2. The van der Waals surface area contributed by atoms with Gasteiger partial charge in [0.25, 0.3) is 5.91 Å². The Morgan fingerprint density at radius 3 is 2.28 bits per heavy atom. The summed E-state index contributed by atoms with van der Waals surface area (Å²) in [5.41, 5.74) is 8.75. The lowest BCUT2D eigenvalue weighted by Gasteiger charge is -2.23. The lowest BCUT2D eigenvalue weighted by Crippen LogP contribution is -2.30. The molecular weight excluding hydrogens is 402 g/mol. The summed E-state index contributed by atoms with van der Waals surface area (Å²) in [6, 6.07) is 19.1. The van der Waals surface area contributed by atoms with E-state index in [1.165, 1.54) is 12.2 Å². The summed E-state index contributed by atoms with van der Waals surface area (Å²) >= 11 is 0. The molecule has 0 aliphatic carbocycles. The van der Waals surface area contributed by atoms with Crippen molar-refractivity contribution in [2.75, 3.05) is 18.0 Å². The molecule has 3 N–H and O–H groups in total. The zero-order chi connectivity index (χ0) is 23.3. The van der Waals surface area contributed by atoms with Gasteiger partial charge in [-0.1, -0.05) is 36.4 Å². The highest BCUT2D eigenvalue weighted by molar-refractivity contribution is 6.03. The average Bonchev–Trinajstić information content (AvgIpc) is 2.79. The van der Waals surface area contributed by atoms with Crippen LogP contribution in [0.1, 0.15) is 29.5 Å². The van der Waals surface area contributed by atoms with Crippen LogP contribution >= 0.6 is 0 Å². The Morgan fingerprint density at radius 1 is 1.06 bits per heavy atom. The highest BCUT2D eigenvalue weighted by atomic mass is 16.2. The zero-order valence-electron chi connectivity index (χ0n) is 17.9. The fourth-order valence-electron chi connectivity index (χ4n) is 2.99. The standard InChI is InChI=1S/C25H25N5O2/c1-19-17-22(30(15-5-13-26)16-6-14-27)11-10-21(19)18-23(25(28)32)29-24(31)12-9-20-7-3-2-4-8-20/h2-4,7-12,17-18H,5-6,15-16H2,1H3,(H2,28,32)(H,29,31)/b12-9-,23-18+. The zero-order valence-corrected chi connectivity index (χ0v) is 17.9. The third kappa shape index (κ3) is 7.47. The smallest absolute Gasteiger partial charge is 0.265 e. The number of nitriles is 2. The lowest BCUT2D eigenvalue weighted by atomic mass is 10.1. The van der Waals surface area contributed by atoms with E-state index >= 15 is 0 Å². The molecule has 2 amide bonds. The third-order valence-corrected chi connectivity index (χ3v) is 4.66. The molecule has 0 heterocycles. The van der Waals surface area contributed by atoms with Gasteiger partial charge in [-0.15, -0.1) is 0 Å². The van der Waals surface area contributed by atoms with E-state index in [-0.39, 0.29) is 5.70 Å². The molecule has 0 aliphatic heterocycles. The fourth-order valence-corrected chi connectivity index (χ4v) is 2.99. The van der Waals surface area contributed by atoms with Crippen LogP contribution in [-0.4, -0.2) is 24.9 Å². The second kappa shape index (κ2) is 12.4. The molecule has 0 spiro atoms. The second-order valence-electron chi connectivity index (χ2n) is 7.00. The van der Waals surface area contributed by atoms with E-state index in [0.29, 0.717) is 25.9 Å². The minimum atomic E-state index is -0.750. The number of nitrogens with zero attached hydrogens (tertiary/aromatic N) is 3. The van der Waals surface area contributed by atoms with Gasteiger partial charge >= 0.3 is 0 Å². The molecule has 2 aromatic carbocycles. The van der Waals surface area contributed by atoms with Gasteiger partial charge < -0.3 is 16.0 Å². The highest BCUT2D eigenvalue weighted by Gasteiger charge is 2.11. The van der Waals surface area contributed by atoms with Crippen molar-refractivity contribution >= 4 is 29.7 Å². The van der Waals surface area contributed by atoms with E-state index in [2.05, 4.69) is 17.5 Å². The molecule has 0 aliphatic rings. The number of primary amides is 1. The molecule has 0 bridgehead atoms. The van der Waals surface area contributed by atoms with Crippen LogP contribution in [0, 0.1) is 29.6 Å². The number of carbonyl (C=O) groups is 2. The number of amides is 2. The molecule has 0 atom stereocenters. The van der Waals surface area contributed by atoms with E-state index in [0.717, 1.165) is 22.4 Å². The largest absolute Gasteiger partial charge is 0.369 e. The van der Waals surface area contributed by atoms with E-state index < -0.39 is 11.8 Å². The molecule has 7 nitrogen and oxygen atoms in total. The van der Waals surface area contributed by atoms with Crippen LogP contribution < -0.4 is 16.0 Å². The number of nitrogens with one attached hydrogen (secondary N) is 1. The topological polar surface area (TPSA) is 123 Å². The molecule has 162 valence electrons. The Kier molecular flexibility index (Phi) is 9.24. The predicted molar refractivity (Wildman–Crippen MR) is 125 cm³/mol. The van der Waals surface area contributed by atoms with Crippen molar-refractivity contribution in [1.82, 2.24) is 5.32 Å². The monoisotopic (exact) mass is 427 g/mol. The minimum Gasteiger partial charge on any atom is -0.369 e. The molecule has 0 fully saturated rings. The lowest BCUT2D eigenvalue weighted by molar-refractivity contribution is -0.119. The number of benzene rings is 2. The molecule has 7 heteroatoms. The number of aryl methyl sites for hydroxylation is 1. The van der Waals surface area contributed by atoms with Crippen LogP contribution in [0.15, 0.2) is 60.3 Å². The predicted octanol–water partition coefficient (Wildman–Crippen LogP) is 3.28. The van der Waals surface area contributed by atoms with E-state index in [1.54, 1.807) is 6.08 Å². The van der Waals surface area contributed by atoms with Crippen LogP contribution in [0.25, 0.3) is 12.2 Å². The summed E-state index contributed by atoms with van der Waals surface area (Å²) in [6.07, 6.45) is 5.21. The average molecular weight is 428 g/mol. The Hall–Kier alpha value is -4.36. The van der Waals surface area contributed by atoms with E-state index in [4.69, 9.17) is 16.3 Å². The normalized spacial score (nSPS) is 10.9. The summed E-state index contributed by atoms with van der Waals surface area (Å²) in [5.74, 6) is -1.22. The first-order valence-corrected chi connectivity index (χ1v) is 10.1. The van der Waals surface area contributed by atoms with Gasteiger partial charge in [-0.25, -0.2) is 0 Å². The Morgan fingerprint density at radius 2 is 1.72 bits per heavy atom. The van der Waals surface area contributed by atoms with Gasteiger partial charge in [0, 0.05) is 24.9 Å². The van der Waals surface area contributed by atoms with Gasteiger partial charge in [0.05, 0.1) is 25.0 Å². The summed E-state index contributed by atoms with van der Waals surface area (Å²) in [5, 5.41) is 20.3. The van der Waals surface area contributed by atoms with Gasteiger partial charge in [-0.2, -0.15) is 10.5 Å². The molecule has 0 aromatic heterocycles. The Labute approximate surface area is 188 Å². The van der Waals surface area contributed by atoms with Crippen LogP contribution in [0.3, 0.4) is 0 Å². The first-order chi connectivity index (χ1) is 15.4. The van der Waals surface area contributed by atoms with Crippen molar-refractivity contribution in [3.63, 3.8) is 0 Å². The molecule has 2 rings (SSSR count). The molecule has 0 radical (unpaired) electrons. The summed E-state index contributed by atoms with van der Waals surface area (Å²) in [4.78, 5) is 26.1. The summed E-state index contributed by atoms with van der Waals surface area (Å²) in [6.45, 7) is 2.91. The Balaban J connectivity index is 2.20. The van der Waals surface area contributed by atoms with Crippen molar-refractivity contribution in [1.29, 1.82) is 10.5 Å². The minimum absolute atomic E-state index is 0.0191. The number of rotatable bonds is 10. The van der Waals surface area contributed by atoms with Crippen LogP contribution in [-0.2, 0) is 9.59 Å². The SMILES string of the molecule is Cc1cc(N(CCC#N)CCC#N)ccc1/C=C(/NC(=O)/C=C\c1ccccc1)C(N)=O. The van der Waals surface area contributed by atoms with Crippen molar-refractivity contribution < 1.29 is 9.59 Å². The molecule has 0 saturated carbocycles. The van der Waals surface area contributed by atoms with Crippen molar-refractivity contribution in [2.24, 2.45) is 5.73 Å². The van der Waals surface area contributed by atoms with Gasteiger partial charge in [0.2, 0.25) is 5.91 Å². The third-order valence-electron chi connectivity index (χ3n) is 4.66. The summed E-state index contributed by atoms with van der Waals surface area (Å²) < 4.78 is 0. The number of nitrogens with two attached hydrogens (primary N) is 1. The quantitative estimate of drug-likeness (QED) is 0.563. The number of anilines is 1.